The van der Waals surface area contributed by atoms with E-state index in [9.17, 15) is 8.42 Å². The highest BCUT2D eigenvalue weighted by atomic mass is 32.2. The van der Waals surface area contributed by atoms with Crippen molar-refractivity contribution in [2.45, 2.75) is 24.3 Å². The maximum Gasteiger partial charge on any atom is 0.223 e. The van der Waals surface area contributed by atoms with Gasteiger partial charge < -0.3 is 5.32 Å². The van der Waals surface area contributed by atoms with Gasteiger partial charge in [-0.2, -0.15) is 0 Å². The van der Waals surface area contributed by atoms with E-state index in [1.807, 2.05) is 37.3 Å². The third kappa shape index (κ3) is 4.23. The van der Waals surface area contributed by atoms with Crippen LogP contribution < -0.4 is 5.32 Å². The highest BCUT2D eigenvalue weighted by molar-refractivity contribution is 7.90. The van der Waals surface area contributed by atoms with Gasteiger partial charge in [0.1, 0.15) is 0 Å². The number of nitrogens with zero attached hydrogens (tertiary/aromatic N) is 3. The van der Waals surface area contributed by atoms with Crippen LogP contribution >= 0.6 is 0 Å². The minimum absolute atomic E-state index is 0.0206. The van der Waals surface area contributed by atoms with Gasteiger partial charge >= 0.3 is 0 Å². The molecule has 0 aliphatic heterocycles. The lowest BCUT2D eigenvalue weighted by molar-refractivity contribution is 0.601. The van der Waals surface area contributed by atoms with Gasteiger partial charge in [0.15, 0.2) is 9.84 Å². The minimum Gasteiger partial charge on any atom is -0.347 e. The zero-order valence-corrected chi connectivity index (χ0v) is 15.4. The summed E-state index contributed by atoms with van der Waals surface area (Å²) in [7, 11) is -3.20. The van der Waals surface area contributed by atoms with Gasteiger partial charge in [-0.25, -0.2) is 18.4 Å². The summed E-state index contributed by atoms with van der Waals surface area (Å²) in [6.45, 7) is 2.05. The topological polar surface area (TPSA) is 84.8 Å². The van der Waals surface area contributed by atoms with E-state index >= 15 is 0 Å². The monoisotopic (exact) mass is 368 g/mol. The molecule has 6 nitrogen and oxygen atoms in total. The number of anilines is 1. The number of sulfone groups is 1. The van der Waals surface area contributed by atoms with Crippen LogP contribution in [0.25, 0.3) is 11.3 Å². The van der Waals surface area contributed by atoms with Crippen molar-refractivity contribution < 1.29 is 8.42 Å². The lowest BCUT2D eigenvalue weighted by Crippen LogP contribution is -2.12. The molecule has 0 fully saturated rings. The fourth-order valence-corrected chi connectivity index (χ4v) is 3.26. The second-order valence-electron chi connectivity index (χ2n) is 5.95. The van der Waals surface area contributed by atoms with Gasteiger partial charge in [0.05, 0.1) is 16.6 Å². The normalized spacial score (nSPS) is 12.5. The molecule has 0 radical (unpaired) electrons. The second-order valence-corrected chi connectivity index (χ2v) is 7.97. The van der Waals surface area contributed by atoms with Crippen LogP contribution in [-0.4, -0.2) is 29.6 Å². The Bertz CT molecular complexity index is 974. The molecule has 1 aromatic carbocycles. The second kappa shape index (κ2) is 7.61. The molecule has 2 heterocycles. The summed E-state index contributed by atoms with van der Waals surface area (Å²) in [5.74, 6) is 0.519. The Morgan fingerprint density at radius 1 is 1.08 bits per heavy atom. The molecule has 0 saturated heterocycles. The van der Waals surface area contributed by atoms with E-state index in [2.05, 4.69) is 20.3 Å². The molecule has 3 aromatic rings. The van der Waals surface area contributed by atoms with Crippen LogP contribution in [0.15, 0.2) is 66.0 Å². The molecule has 0 amide bonds. The van der Waals surface area contributed by atoms with Crippen molar-refractivity contribution in [2.75, 3.05) is 11.6 Å². The Labute approximate surface area is 153 Å². The van der Waals surface area contributed by atoms with Crippen LogP contribution in [0.4, 0.5) is 5.95 Å². The first kappa shape index (κ1) is 18.0. The molecule has 1 N–H and O–H groups in total. The first-order valence-corrected chi connectivity index (χ1v) is 10.2. The Kier molecular flexibility index (Phi) is 5.27. The molecule has 0 saturated carbocycles. The maximum absolute atomic E-state index is 11.6. The molecular formula is C19H20N4O2S. The van der Waals surface area contributed by atoms with Gasteiger partial charge in [0, 0.05) is 30.4 Å². The highest BCUT2D eigenvalue weighted by Crippen LogP contribution is 2.23. The number of hydrogen-bond donors (Lipinski definition) is 1. The van der Waals surface area contributed by atoms with Gasteiger partial charge in [0.25, 0.3) is 0 Å². The Balaban J connectivity index is 1.82. The predicted molar refractivity (Wildman–Crippen MR) is 101 cm³/mol. The molecule has 0 unspecified atom stereocenters. The van der Waals surface area contributed by atoms with Crippen LogP contribution in [0.3, 0.4) is 0 Å². The Morgan fingerprint density at radius 2 is 1.85 bits per heavy atom. The van der Waals surface area contributed by atoms with E-state index in [0.717, 1.165) is 23.2 Å². The Morgan fingerprint density at radius 3 is 2.46 bits per heavy atom. The molecule has 0 spiro atoms. The van der Waals surface area contributed by atoms with Crippen molar-refractivity contribution in [1.29, 1.82) is 0 Å². The van der Waals surface area contributed by atoms with Crippen molar-refractivity contribution in [1.82, 2.24) is 15.0 Å². The zero-order valence-electron chi connectivity index (χ0n) is 14.6. The number of benzene rings is 1. The van der Waals surface area contributed by atoms with Crippen molar-refractivity contribution in [2.24, 2.45) is 0 Å². The average Bonchev–Trinajstić information content (AvgIpc) is 2.66. The van der Waals surface area contributed by atoms with E-state index < -0.39 is 9.84 Å². The Hall–Kier alpha value is -2.80. The van der Waals surface area contributed by atoms with E-state index in [1.54, 1.807) is 30.7 Å². The first-order valence-electron chi connectivity index (χ1n) is 8.27. The minimum atomic E-state index is -3.20. The predicted octanol–water partition coefficient (Wildman–Crippen LogP) is 3.51. The molecule has 7 heteroatoms. The summed E-state index contributed by atoms with van der Waals surface area (Å²) >= 11 is 0. The number of aromatic nitrogens is 3. The molecule has 2 aromatic heterocycles. The largest absolute Gasteiger partial charge is 0.347 e. The third-order valence-electron chi connectivity index (χ3n) is 4.04. The third-order valence-corrected chi connectivity index (χ3v) is 5.16. The molecular weight excluding hydrogens is 348 g/mol. The molecule has 26 heavy (non-hydrogen) atoms. The summed E-state index contributed by atoms with van der Waals surface area (Å²) in [4.78, 5) is 13.3. The standard InChI is InChI=1S/C19H20N4O2S/c1-3-17(14-6-8-16(9-7-14)26(2,24)25)22-19-21-12-10-18(23-19)15-5-4-11-20-13-15/h4-13,17H,3H2,1-2H3,(H,21,22,23)/t17-/m0/s1. The molecule has 1 atom stereocenters. The number of hydrogen-bond acceptors (Lipinski definition) is 6. The van der Waals surface area contributed by atoms with Crippen LogP contribution in [-0.2, 0) is 9.84 Å². The average molecular weight is 368 g/mol. The summed E-state index contributed by atoms with van der Waals surface area (Å²) in [6, 6.07) is 12.5. The number of nitrogens with one attached hydrogen (secondary N) is 1. The lowest BCUT2D eigenvalue weighted by atomic mass is 10.1. The molecule has 0 bridgehead atoms. The van der Waals surface area contributed by atoms with Crippen LogP contribution in [0.2, 0.25) is 0 Å². The maximum atomic E-state index is 11.6. The fraction of sp³-hybridized carbons (Fsp3) is 0.211. The molecule has 134 valence electrons. The van der Waals surface area contributed by atoms with Gasteiger partial charge in [-0.05, 0) is 42.3 Å². The lowest BCUT2D eigenvalue weighted by Gasteiger charge is -2.18. The summed E-state index contributed by atoms with van der Waals surface area (Å²) in [5.41, 5.74) is 2.69. The quantitative estimate of drug-likeness (QED) is 0.717. The molecule has 3 rings (SSSR count). The SMILES string of the molecule is CC[C@H](Nc1nccc(-c2cccnc2)n1)c1ccc(S(C)(=O)=O)cc1. The smallest absolute Gasteiger partial charge is 0.223 e. The number of pyridine rings is 1. The fourth-order valence-electron chi connectivity index (χ4n) is 2.63. The highest BCUT2D eigenvalue weighted by Gasteiger charge is 2.13. The molecule has 0 aliphatic rings. The summed E-state index contributed by atoms with van der Waals surface area (Å²) in [6.07, 6.45) is 7.19. The zero-order chi connectivity index (χ0) is 18.6. The van der Waals surface area contributed by atoms with E-state index in [-0.39, 0.29) is 6.04 Å². The van der Waals surface area contributed by atoms with Crippen molar-refractivity contribution in [3.8, 4) is 11.3 Å². The van der Waals surface area contributed by atoms with E-state index in [1.165, 1.54) is 6.26 Å². The van der Waals surface area contributed by atoms with Gasteiger partial charge in [-0.15, -0.1) is 0 Å². The van der Waals surface area contributed by atoms with Crippen molar-refractivity contribution in [3.05, 3.63) is 66.6 Å². The van der Waals surface area contributed by atoms with Crippen LogP contribution in [0.1, 0.15) is 24.9 Å². The van der Waals surface area contributed by atoms with E-state index in [4.69, 9.17) is 0 Å². The summed E-state index contributed by atoms with van der Waals surface area (Å²) < 4.78 is 23.2. The van der Waals surface area contributed by atoms with E-state index in [0.29, 0.717) is 10.8 Å². The van der Waals surface area contributed by atoms with Crippen LogP contribution in [0, 0.1) is 0 Å². The first-order chi connectivity index (χ1) is 12.5. The van der Waals surface area contributed by atoms with Gasteiger partial charge in [-0.3, -0.25) is 4.98 Å². The van der Waals surface area contributed by atoms with Crippen molar-refractivity contribution in [3.63, 3.8) is 0 Å². The van der Waals surface area contributed by atoms with Gasteiger partial charge in [0.2, 0.25) is 5.95 Å². The molecule has 0 aliphatic carbocycles. The number of rotatable bonds is 6. The van der Waals surface area contributed by atoms with Crippen molar-refractivity contribution >= 4 is 15.8 Å². The van der Waals surface area contributed by atoms with Crippen LogP contribution in [0.5, 0.6) is 0 Å². The summed E-state index contributed by atoms with van der Waals surface area (Å²) in [5, 5.41) is 3.32. The van der Waals surface area contributed by atoms with Gasteiger partial charge in [-0.1, -0.05) is 19.1 Å².